The van der Waals surface area contributed by atoms with Gasteiger partial charge in [0.25, 0.3) is 5.91 Å². The van der Waals surface area contributed by atoms with Crippen LogP contribution >= 0.6 is 11.3 Å². The van der Waals surface area contributed by atoms with Crippen LogP contribution in [0, 0.1) is 5.92 Å². The first-order chi connectivity index (χ1) is 10.7. The molecule has 2 heterocycles. The van der Waals surface area contributed by atoms with Gasteiger partial charge < -0.3 is 15.0 Å². The van der Waals surface area contributed by atoms with E-state index in [9.17, 15) is 9.59 Å². The van der Waals surface area contributed by atoms with Gasteiger partial charge in [0.15, 0.2) is 0 Å². The molecular weight excluding hydrogens is 300 g/mol. The zero-order valence-corrected chi connectivity index (χ0v) is 13.9. The molecule has 0 aliphatic carbocycles. The fourth-order valence-electron chi connectivity index (χ4n) is 2.61. The topological polar surface area (TPSA) is 58.6 Å². The van der Waals surface area contributed by atoms with E-state index in [1.807, 2.05) is 24.4 Å². The van der Waals surface area contributed by atoms with E-state index in [1.54, 1.807) is 4.90 Å². The zero-order valence-electron chi connectivity index (χ0n) is 13.0. The third-order valence-corrected chi connectivity index (χ3v) is 4.64. The Balaban J connectivity index is 1.77. The minimum Gasteiger partial charge on any atom is -0.382 e. The molecule has 2 rings (SSSR count). The summed E-state index contributed by atoms with van der Waals surface area (Å²) in [5, 5.41) is 4.85. The van der Waals surface area contributed by atoms with E-state index < -0.39 is 0 Å². The van der Waals surface area contributed by atoms with Gasteiger partial charge in [-0.05, 0) is 37.6 Å². The molecule has 0 saturated carbocycles. The number of hydrogen-bond donors (Lipinski definition) is 1. The lowest BCUT2D eigenvalue weighted by Crippen LogP contribution is -2.45. The van der Waals surface area contributed by atoms with Gasteiger partial charge in [-0.25, -0.2) is 0 Å². The number of likely N-dealkylation sites (tertiary alicyclic amines) is 1. The molecule has 1 aliphatic heterocycles. The number of hydrogen-bond acceptors (Lipinski definition) is 4. The Labute approximate surface area is 135 Å². The lowest BCUT2D eigenvalue weighted by Gasteiger charge is -2.31. The molecule has 1 aromatic rings. The average Bonchev–Trinajstić information content (AvgIpc) is 3.08. The van der Waals surface area contributed by atoms with Crippen LogP contribution in [0.25, 0.3) is 0 Å². The minimum atomic E-state index is -0.0928. The van der Waals surface area contributed by atoms with Crippen molar-refractivity contribution in [3.8, 4) is 0 Å². The molecular formula is C16H24N2O3S. The Hall–Kier alpha value is -1.40. The Bertz CT molecular complexity index is 476. The molecule has 2 amide bonds. The van der Waals surface area contributed by atoms with Crippen molar-refractivity contribution < 1.29 is 14.3 Å². The van der Waals surface area contributed by atoms with Crippen LogP contribution in [-0.4, -0.2) is 49.6 Å². The van der Waals surface area contributed by atoms with E-state index in [-0.39, 0.29) is 17.7 Å². The molecule has 0 bridgehead atoms. The number of ether oxygens (including phenoxy) is 1. The van der Waals surface area contributed by atoms with E-state index in [1.165, 1.54) is 11.3 Å². The standard InChI is InChI=1S/C16H24N2O3S/c1-2-21-10-5-8-17-15(19)13-6-3-9-18(12-13)16(20)14-7-4-11-22-14/h4,7,11,13H,2-3,5-6,8-10,12H2,1H3,(H,17,19)/t13-/m1/s1. The van der Waals surface area contributed by atoms with Gasteiger partial charge in [0.1, 0.15) is 0 Å². The molecule has 1 fully saturated rings. The molecule has 1 saturated heterocycles. The largest absolute Gasteiger partial charge is 0.382 e. The summed E-state index contributed by atoms with van der Waals surface area (Å²) in [5.74, 6) is 0.00813. The van der Waals surface area contributed by atoms with Crippen molar-refractivity contribution in [2.75, 3.05) is 32.8 Å². The molecule has 122 valence electrons. The molecule has 0 unspecified atom stereocenters. The number of thiophene rings is 1. The van der Waals surface area contributed by atoms with Gasteiger partial charge in [-0.1, -0.05) is 6.07 Å². The Morgan fingerprint density at radius 1 is 1.50 bits per heavy atom. The van der Waals surface area contributed by atoms with Crippen LogP contribution in [0.5, 0.6) is 0 Å². The highest BCUT2D eigenvalue weighted by atomic mass is 32.1. The first-order valence-electron chi connectivity index (χ1n) is 7.90. The van der Waals surface area contributed by atoms with E-state index in [2.05, 4.69) is 5.32 Å². The SMILES string of the molecule is CCOCCCNC(=O)[C@@H]1CCCN(C(=O)c2cccs2)C1. The summed E-state index contributed by atoms with van der Waals surface area (Å²) in [4.78, 5) is 27.1. The monoisotopic (exact) mass is 324 g/mol. The predicted octanol–water partition coefficient (Wildman–Crippen LogP) is 2.14. The van der Waals surface area contributed by atoms with Crippen LogP contribution in [-0.2, 0) is 9.53 Å². The number of amides is 2. The second-order valence-electron chi connectivity index (χ2n) is 5.41. The van der Waals surface area contributed by atoms with E-state index in [4.69, 9.17) is 4.74 Å². The maximum Gasteiger partial charge on any atom is 0.263 e. The zero-order chi connectivity index (χ0) is 15.8. The van der Waals surface area contributed by atoms with Crippen molar-refractivity contribution in [1.29, 1.82) is 0 Å². The van der Waals surface area contributed by atoms with Gasteiger partial charge in [0, 0.05) is 32.8 Å². The quantitative estimate of drug-likeness (QED) is 0.782. The molecule has 0 radical (unpaired) electrons. The lowest BCUT2D eigenvalue weighted by atomic mass is 9.97. The fraction of sp³-hybridized carbons (Fsp3) is 0.625. The third-order valence-electron chi connectivity index (χ3n) is 3.78. The van der Waals surface area contributed by atoms with Crippen LogP contribution in [0.15, 0.2) is 17.5 Å². The molecule has 1 atom stereocenters. The summed E-state index contributed by atoms with van der Waals surface area (Å²) in [6.07, 6.45) is 2.56. The minimum absolute atomic E-state index is 0.0452. The maximum atomic E-state index is 12.3. The van der Waals surface area contributed by atoms with Crippen LogP contribution in [0.2, 0.25) is 0 Å². The number of carbonyl (C=O) groups is 2. The van der Waals surface area contributed by atoms with Gasteiger partial charge in [-0.3, -0.25) is 9.59 Å². The highest BCUT2D eigenvalue weighted by Gasteiger charge is 2.28. The second kappa shape index (κ2) is 8.90. The highest BCUT2D eigenvalue weighted by molar-refractivity contribution is 7.12. The van der Waals surface area contributed by atoms with Crippen LogP contribution in [0.1, 0.15) is 35.9 Å². The van der Waals surface area contributed by atoms with Crippen molar-refractivity contribution in [3.63, 3.8) is 0 Å². The summed E-state index contributed by atoms with van der Waals surface area (Å²) in [5.41, 5.74) is 0. The van der Waals surface area contributed by atoms with E-state index >= 15 is 0 Å². The molecule has 22 heavy (non-hydrogen) atoms. The molecule has 1 aliphatic rings. The van der Waals surface area contributed by atoms with Crippen molar-refractivity contribution in [2.45, 2.75) is 26.2 Å². The van der Waals surface area contributed by atoms with Gasteiger partial charge in [0.2, 0.25) is 5.91 Å². The number of nitrogens with zero attached hydrogens (tertiary/aromatic N) is 1. The summed E-state index contributed by atoms with van der Waals surface area (Å²) >= 11 is 1.45. The highest BCUT2D eigenvalue weighted by Crippen LogP contribution is 2.20. The maximum absolute atomic E-state index is 12.3. The average molecular weight is 324 g/mol. The Morgan fingerprint density at radius 2 is 2.36 bits per heavy atom. The molecule has 1 N–H and O–H groups in total. The Kier molecular flexibility index (Phi) is 6.86. The summed E-state index contributed by atoms with van der Waals surface area (Å²) in [6.45, 7) is 5.23. The van der Waals surface area contributed by atoms with Crippen LogP contribution in [0.4, 0.5) is 0 Å². The van der Waals surface area contributed by atoms with Crippen molar-refractivity contribution in [3.05, 3.63) is 22.4 Å². The molecule has 1 aromatic heterocycles. The number of nitrogens with one attached hydrogen (secondary N) is 1. The van der Waals surface area contributed by atoms with Gasteiger partial charge in [-0.15, -0.1) is 11.3 Å². The third kappa shape index (κ3) is 4.81. The van der Waals surface area contributed by atoms with Gasteiger partial charge >= 0.3 is 0 Å². The molecule has 5 nitrogen and oxygen atoms in total. The fourth-order valence-corrected chi connectivity index (χ4v) is 3.30. The van der Waals surface area contributed by atoms with Crippen molar-refractivity contribution in [2.24, 2.45) is 5.92 Å². The molecule has 0 aromatic carbocycles. The Morgan fingerprint density at radius 3 is 3.09 bits per heavy atom. The van der Waals surface area contributed by atoms with Crippen molar-refractivity contribution >= 4 is 23.2 Å². The van der Waals surface area contributed by atoms with Crippen LogP contribution in [0.3, 0.4) is 0 Å². The summed E-state index contributed by atoms with van der Waals surface area (Å²) in [6, 6.07) is 3.72. The van der Waals surface area contributed by atoms with Gasteiger partial charge in [0.05, 0.1) is 10.8 Å². The van der Waals surface area contributed by atoms with E-state index in [0.717, 1.165) is 30.7 Å². The first-order valence-corrected chi connectivity index (χ1v) is 8.78. The number of piperidine rings is 1. The smallest absolute Gasteiger partial charge is 0.263 e. The van der Waals surface area contributed by atoms with Gasteiger partial charge in [-0.2, -0.15) is 0 Å². The normalized spacial score (nSPS) is 18.2. The first kappa shape index (κ1) is 17.0. The number of carbonyl (C=O) groups excluding carboxylic acids is 2. The lowest BCUT2D eigenvalue weighted by molar-refractivity contribution is -0.126. The summed E-state index contributed by atoms with van der Waals surface area (Å²) in [7, 11) is 0. The number of rotatable bonds is 7. The van der Waals surface area contributed by atoms with E-state index in [0.29, 0.717) is 26.3 Å². The predicted molar refractivity (Wildman–Crippen MR) is 87.1 cm³/mol. The van der Waals surface area contributed by atoms with Crippen molar-refractivity contribution in [1.82, 2.24) is 10.2 Å². The summed E-state index contributed by atoms with van der Waals surface area (Å²) < 4.78 is 5.25. The van der Waals surface area contributed by atoms with Crippen LogP contribution < -0.4 is 5.32 Å². The molecule has 0 spiro atoms. The second-order valence-corrected chi connectivity index (χ2v) is 6.36. The molecule has 6 heteroatoms.